The van der Waals surface area contributed by atoms with Gasteiger partial charge in [0.05, 0.1) is 18.0 Å². The molecule has 0 spiro atoms. The summed E-state index contributed by atoms with van der Waals surface area (Å²) in [6.07, 6.45) is 2.17. The molecule has 3 heteroatoms. The van der Waals surface area contributed by atoms with Gasteiger partial charge < -0.3 is 10.5 Å². The predicted molar refractivity (Wildman–Crippen MR) is 54.9 cm³/mol. The second kappa shape index (κ2) is 4.09. The van der Waals surface area contributed by atoms with Crippen molar-refractivity contribution in [1.29, 1.82) is 0 Å². The van der Waals surface area contributed by atoms with Crippen molar-refractivity contribution in [2.45, 2.75) is 39.2 Å². The number of rotatable bonds is 2. The standard InChI is InChI=1S/C10H20N2O/c1-8(2)9(11)12-10(3)5-4-6-13-7-10/h8H,4-7H2,1-3H3,(H2,11,12). The highest BCUT2D eigenvalue weighted by Crippen LogP contribution is 2.23. The molecule has 1 rings (SSSR count). The summed E-state index contributed by atoms with van der Waals surface area (Å²) in [4.78, 5) is 4.54. The molecule has 13 heavy (non-hydrogen) atoms. The van der Waals surface area contributed by atoms with Crippen LogP contribution in [0.5, 0.6) is 0 Å². The smallest absolute Gasteiger partial charge is 0.0970 e. The number of hydrogen-bond donors (Lipinski definition) is 1. The molecule has 0 aliphatic carbocycles. The summed E-state index contributed by atoms with van der Waals surface area (Å²) in [5, 5.41) is 0. The second-order valence-electron chi connectivity index (χ2n) is 4.34. The van der Waals surface area contributed by atoms with E-state index in [9.17, 15) is 0 Å². The van der Waals surface area contributed by atoms with Crippen LogP contribution in [-0.4, -0.2) is 24.6 Å². The van der Waals surface area contributed by atoms with E-state index in [1.165, 1.54) is 0 Å². The van der Waals surface area contributed by atoms with Crippen molar-refractivity contribution in [2.75, 3.05) is 13.2 Å². The Morgan fingerprint density at radius 3 is 2.69 bits per heavy atom. The van der Waals surface area contributed by atoms with E-state index in [2.05, 4.69) is 25.8 Å². The van der Waals surface area contributed by atoms with E-state index < -0.39 is 0 Å². The normalized spacial score (nSPS) is 30.9. The maximum atomic E-state index is 5.83. The Morgan fingerprint density at radius 1 is 1.54 bits per heavy atom. The van der Waals surface area contributed by atoms with Crippen LogP contribution in [0.3, 0.4) is 0 Å². The monoisotopic (exact) mass is 184 g/mol. The number of hydrogen-bond acceptors (Lipinski definition) is 2. The summed E-state index contributed by atoms with van der Waals surface area (Å²) < 4.78 is 5.40. The summed E-state index contributed by atoms with van der Waals surface area (Å²) in [6.45, 7) is 7.81. The first kappa shape index (κ1) is 10.5. The zero-order valence-corrected chi connectivity index (χ0v) is 8.84. The van der Waals surface area contributed by atoms with Gasteiger partial charge in [0.1, 0.15) is 0 Å². The Kier molecular flexibility index (Phi) is 3.31. The third-order valence-electron chi connectivity index (χ3n) is 2.41. The maximum absolute atomic E-state index is 5.83. The molecule has 0 bridgehead atoms. The van der Waals surface area contributed by atoms with Crippen LogP contribution < -0.4 is 5.73 Å². The van der Waals surface area contributed by atoms with Crippen molar-refractivity contribution in [3.05, 3.63) is 0 Å². The minimum absolute atomic E-state index is 0.0768. The lowest BCUT2D eigenvalue weighted by atomic mass is 9.95. The van der Waals surface area contributed by atoms with Gasteiger partial charge in [-0.2, -0.15) is 0 Å². The number of nitrogens with zero attached hydrogens (tertiary/aromatic N) is 1. The fourth-order valence-corrected chi connectivity index (χ4v) is 1.45. The molecule has 0 aromatic heterocycles. The van der Waals surface area contributed by atoms with Crippen LogP contribution in [0, 0.1) is 5.92 Å². The van der Waals surface area contributed by atoms with Crippen molar-refractivity contribution >= 4 is 5.84 Å². The average Bonchev–Trinajstić information content (AvgIpc) is 2.04. The van der Waals surface area contributed by atoms with Crippen molar-refractivity contribution in [3.8, 4) is 0 Å². The molecule has 2 N–H and O–H groups in total. The van der Waals surface area contributed by atoms with Gasteiger partial charge in [-0.1, -0.05) is 13.8 Å². The van der Waals surface area contributed by atoms with Crippen molar-refractivity contribution in [1.82, 2.24) is 0 Å². The largest absolute Gasteiger partial charge is 0.387 e. The van der Waals surface area contributed by atoms with Crippen LogP contribution in [-0.2, 0) is 4.74 Å². The summed E-state index contributed by atoms with van der Waals surface area (Å²) in [6, 6.07) is 0. The highest BCUT2D eigenvalue weighted by atomic mass is 16.5. The van der Waals surface area contributed by atoms with Gasteiger partial charge in [0, 0.05) is 12.5 Å². The molecular formula is C10H20N2O. The van der Waals surface area contributed by atoms with Gasteiger partial charge >= 0.3 is 0 Å². The lowest BCUT2D eigenvalue weighted by Crippen LogP contribution is -2.37. The van der Waals surface area contributed by atoms with Gasteiger partial charge in [-0.15, -0.1) is 0 Å². The molecule has 1 fully saturated rings. The Hall–Kier alpha value is -0.570. The third-order valence-corrected chi connectivity index (χ3v) is 2.41. The van der Waals surface area contributed by atoms with Gasteiger partial charge in [0.25, 0.3) is 0 Å². The molecule has 76 valence electrons. The Morgan fingerprint density at radius 2 is 2.23 bits per heavy atom. The predicted octanol–water partition coefficient (Wildman–Crippen LogP) is 1.57. The van der Waals surface area contributed by atoms with Crippen LogP contribution in [0.25, 0.3) is 0 Å². The molecule has 0 amide bonds. The van der Waals surface area contributed by atoms with Crippen molar-refractivity contribution in [3.63, 3.8) is 0 Å². The first-order chi connectivity index (χ1) is 6.03. The summed E-state index contributed by atoms with van der Waals surface area (Å²) in [5.41, 5.74) is 5.75. The van der Waals surface area contributed by atoms with Crippen LogP contribution >= 0.6 is 0 Å². The Labute approximate surface area is 80.4 Å². The molecule has 0 radical (unpaired) electrons. The fraction of sp³-hybridized carbons (Fsp3) is 0.900. The van der Waals surface area contributed by atoms with E-state index in [1.807, 2.05) is 0 Å². The fourth-order valence-electron chi connectivity index (χ4n) is 1.45. The van der Waals surface area contributed by atoms with E-state index in [0.29, 0.717) is 12.5 Å². The zero-order valence-electron chi connectivity index (χ0n) is 8.84. The van der Waals surface area contributed by atoms with Crippen molar-refractivity contribution in [2.24, 2.45) is 16.6 Å². The Bertz CT molecular complexity index is 193. The third kappa shape index (κ3) is 2.99. The second-order valence-corrected chi connectivity index (χ2v) is 4.34. The molecule has 1 aliphatic rings. The topological polar surface area (TPSA) is 47.6 Å². The average molecular weight is 184 g/mol. The van der Waals surface area contributed by atoms with Crippen LogP contribution in [0.1, 0.15) is 33.6 Å². The molecule has 0 saturated carbocycles. The van der Waals surface area contributed by atoms with Gasteiger partial charge in [0.15, 0.2) is 0 Å². The molecule has 1 aliphatic heterocycles. The van der Waals surface area contributed by atoms with Crippen LogP contribution in [0.4, 0.5) is 0 Å². The molecule has 1 unspecified atom stereocenters. The first-order valence-electron chi connectivity index (χ1n) is 4.96. The summed E-state index contributed by atoms with van der Waals surface area (Å²) in [7, 11) is 0. The lowest BCUT2D eigenvalue weighted by Gasteiger charge is -2.30. The summed E-state index contributed by atoms with van der Waals surface area (Å²) >= 11 is 0. The SMILES string of the molecule is CC(C)C(N)=NC1(C)CCCOC1. The molecule has 0 aromatic rings. The maximum Gasteiger partial charge on any atom is 0.0970 e. The van der Waals surface area contributed by atoms with E-state index in [0.717, 1.165) is 25.3 Å². The van der Waals surface area contributed by atoms with Crippen molar-refractivity contribution < 1.29 is 4.74 Å². The van der Waals surface area contributed by atoms with Crippen LogP contribution in [0.2, 0.25) is 0 Å². The number of aliphatic imine (C=N–C) groups is 1. The molecule has 3 nitrogen and oxygen atoms in total. The van der Waals surface area contributed by atoms with Gasteiger partial charge in [-0.25, -0.2) is 0 Å². The van der Waals surface area contributed by atoms with E-state index in [1.54, 1.807) is 0 Å². The van der Waals surface area contributed by atoms with Gasteiger partial charge in [-0.05, 0) is 19.8 Å². The van der Waals surface area contributed by atoms with Gasteiger partial charge in [0.2, 0.25) is 0 Å². The number of ether oxygens (including phenoxy) is 1. The quantitative estimate of drug-likeness (QED) is 0.523. The molecular weight excluding hydrogens is 164 g/mol. The molecule has 0 aromatic carbocycles. The zero-order chi connectivity index (χ0) is 9.90. The molecule has 1 heterocycles. The van der Waals surface area contributed by atoms with E-state index in [4.69, 9.17) is 10.5 Å². The lowest BCUT2D eigenvalue weighted by molar-refractivity contribution is 0.0466. The van der Waals surface area contributed by atoms with E-state index >= 15 is 0 Å². The highest BCUT2D eigenvalue weighted by molar-refractivity contribution is 5.82. The minimum atomic E-state index is -0.0768. The highest BCUT2D eigenvalue weighted by Gasteiger charge is 2.27. The number of nitrogens with two attached hydrogens (primary N) is 1. The molecule has 1 saturated heterocycles. The van der Waals surface area contributed by atoms with E-state index in [-0.39, 0.29) is 5.54 Å². The summed E-state index contributed by atoms with van der Waals surface area (Å²) in [5.74, 6) is 1.08. The Balaban J connectivity index is 2.63. The molecule has 1 atom stereocenters. The minimum Gasteiger partial charge on any atom is -0.387 e. The van der Waals surface area contributed by atoms with Crippen LogP contribution in [0.15, 0.2) is 4.99 Å². The van der Waals surface area contributed by atoms with Gasteiger partial charge in [-0.3, -0.25) is 4.99 Å². The number of amidine groups is 1. The first-order valence-corrected chi connectivity index (χ1v) is 4.96.